The maximum Gasteiger partial charge on any atom is 0.347 e. The van der Waals surface area contributed by atoms with E-state index < -0.39 is 11.9 Å². The van der Waals surface area contributed by atoms with Crippen LogP contribution in [0.5, 0.6) is 11.5 Å². The van der Waals surface area contributed by atoms with Crippen molar-refractivity contribution in [3.8, 4) is 11.5 Å². The Bertz CT molecular complexity index is 1000. The number of nitrogens with zero attached hydrogens (tertiary/aromatic N) is 1. The van der Waals surface area contributed by atoms with E-state index in [0.717, 1.165) is 16.9 Å². The number of carbonyl (C=O) groups is 2. The van der Waals surface area contributed by atoms with Crippen LogP contribution in [0.15, 0.2) is 54.7 Å². The highest BCUT2D eigenvalue weighted by Crippen LogP contribution is 2.26. The van der Waals surface area contributed by atoms with Crippen molar-refractivity contribution in [1.82, 2.24) is 4.98 Å². The molecule has 0 saturated carbocycles. The Morgan fingerprint density at radius 2 is 1.86 bits per heavy atom. The molecule has 0 aliphatic carbocycles. The van der Waals surface area contributed by atoms with Crippen molar-refractivity contribution in [2.45, 2.75) is 26.6 Å². The van der Waals surface area contributed by atoms with Crippen LogP contribution in [0.1, 0.15) is 39.4 Å². The fourth-order valence-corrected chi connectivity index (χ4v) is 3.12. The first-order chi connectivity index (χ1) is 13.9. The van der Waals surface area contributed by atoms with E-state index in [4.69, 9.17) is 14.6 Å². The van der Waals surface area contributed by atoms with Gasteiger partial charge in [0.1, 0.15) is 23.0 Å². The van der Waals surface area contributed by atoms with Gasteiger partial charge in [0.2, 0.25) is 0 Å². The van der Waals surface area contributed by atoms with Crippen LogP contribution in [0.3, 0.4) is 0 Å². The molecule has 3 aromatic rings. The summed E-state index contributed by atoms with van der Waals surface area (Å²) in [6.07, 6.45) is 1.13. The molecule has 7 nitrogen and oxygen atoms in total. The number of aromatic nitrogens is 1. The number of carbonyl (C=O) groups excluding carboxylic acids is 1. The zero-order chi connectivity index (χ0) is 20.8. The molecule has 1 amide bonds. The fourth-order valence-electron chi connectivity index (χ4n) is 2.47. The average molecular weight is 412 g/mol. The quantitative estimate of drug-likeness (QED) is 0.567. The minimum absolute atomic E-state index is 0.0454. The molecule has 0 aliphatic heterocycles. The zero-order valence-corrected chi connectivity index (χ0v) is 16.7. The predicted molar refractivity (Wildman–Crippen MR) is 110 cm³/mol. The first-order valence-electron chi connectivity index (χ1n) is 8.89. The smallest absolute Gasteiger partial charge is 0.347 e. The fraction of sp³-hybridized carbons (Fsp3) is 0.190. The third-order valence-electron chi connectivity index (χ3n) is 3.70. The number of ether oxygens (including phenoxy) is 2. The third kappa shape index (κ3) is 5.79. The van der Waals surface area contributed by atoms with Crippen molar-refractivity contribution >= 4 is 28.3 Å². The summed E-state index contributed by atoms with van der Waals surface area (Å²) in [6, 6.07) is 14.6. The highest BCUT2D eigenvalue weighted by atomic mass is 32.1. The standard InChI is InChI=1S/C21H20N2O5S/c1-13(2)28-17-9-15(19(24)23-21-22-11-18(29-21)20(25)26)8-16(10-17)27-12-14-6-4-3-5-7-14/h3-11,13H,12H2,1-2H3,(H,25,26)(H,22,23,24). The average Bonchev–Trinajstić information content (AvgIpc) is 3.15. The molecule has 2 aromatic carbocycles. The molecule has 0 unspecified atom stereocenters. The second kappa shape index (κ2) is 9.20. The van der Waals surface area contributed by atoms with Gasteiger partial charge in [0.05, 0.1) is 12.3 Å². The lowest BCUT2D eigenvalue weighted by Crippen LogP contribution is -2.13. The van der Waals surface area contributed by atoms with Gasteiger partial charge in [-0.1, -0.05) is 41.7 Å². The maximum absolute atomic E-state index is 12.7. The second-order valence-electron chi connectivity index (χ2n) is 6.42. The van der Waals surface area contributed by atoms with Crippen LogP contribution in [0.4, 0.5) is 5.13 Å². The van der Waals surface area contributed by atoms with Gasteiger partial charge in [-0.05, 0) is 31.5 Å². The molecule has 0 saturated heterocycles. The Labute approximate surface area is 171 Å². The number of carboxylic acid groups (broad SMARTS) is 1. The molecule has 0 bridgehead atoms. The molecule has 150 valence electrons. The number of hydrogen-bond donors (Lipinski definition) is 2. The number of thiazole rings is 1. The van der Waals surface area contributed by atoms with Gasteiger partial charge in [-0.15, -0.1) is 0 Å². The van der Waals surface area contributed by atoms with Crippen LogP contribution >= 0.6 is 11.3 Å². The molecular weight excluding hydrogens is 392 g/mol. The van der Waals surface area contributed by atoms with E-state index >= 15 is 0 Å². The van der Waals surface area contributed by atoms with Crippen LogP contribution in [0.2, 0.25) is 0 Å². The van der Waals surface area contributed by atoms with Gasteiger partial charge in [0.15, 0.2) is 5.13 Å². The number of hydrogen-bond acceptors (Lipinski definition) is 6. The largest absolute Gasteiger partial charge is 0.491 e. The van der Waals surface area contributed by atoms with E-state index in [-0.39, 0.29) is 16.1 Å². The molecule has 0 aliphatic rings. The van der Waals surface area contributed by atoms with Crippen LogP contribution in [-0.4, -0.2) is 28.1 Å². The first-order valence-corrected chi connectivity index (χ1v) is 9.71. The summed E-state index contributed by atoms with van der Waals surface area (Å²) in [4.78, 5) is 27.6. The van der Waals surface area contributed by atoms with Crippen molar-refractivity contribution in [1.29, 1.82) is 0 Å². The van der Waals surface area contributed by atoms with E-state index in [1.54, 1.807) is 18.2 Å². The Morgan fingerprint density at radius 1 is 1.14 bits per heavy atom. The van der Waals surface area contributed by atoms with Crippen molar-refractivity contribution in [2.24, 2.45) is 0 Å². The summed E-state index contributed by atoms with van der Waals surface area (Å²) in [7, 11) is 0. The Hall–Kier alpha value is -3.39. The Balaban J connectivity index is 1.79. The normalized spacial score (nSPS) is 10.6. The summed E-state index contributed by atoms with van der Waals surface area (Å²) in [6.45, 7) is 4.13. The molecular formula is C21H20N2O5S. The van der Waals surface area contributed by atoms with E-state index in [1.165, 1.54) is 6.20 Å². The third-order valence-corrected chi connectivity index (χ3v) is 4.60. The lowest BCUT2D eigenvalue weighted by atomic mass is 10.2. The minimum Gasteiger partial charge on any atom is -0.491 e. The Kier molecular flexibility index (Phi) is 6.46. The summed E-state index contributed by atoms with van der Waals surface area (Å²) >= 11 is 0.885. The summed E-state index contributed by atoms with van der Waals surface area (Å²) < 4.78 is 11.6. The van der Waals surface area contributed by atoms with Crippen LogP contribution in [0, 0.1) is 0 Å². The van der Waals surface area contributed by atoms with Crippen molar-refractivity contribution < 1.29 is 24.2 Å². The van der Waals surface area contributed by atoms with Gasteiger partial charge >= 0.3 is 5.97 Å². The van der Waals surface area contributed by atoms with Crippen LogP contribution < -0.4 is 14.8 Å². The van der Waals surface area contributed by atoms with E-state index in [2.05, 4.69) is 10.3 Å². The first kappa shape index (κ1) is 20.3. The lowest BCUT2D eigenvalue weighted by molar-refractivity contribution is 0.0701. The van der Waals surface area contributed by atoms with E-state index in [0.29, 0.717) is 23.7 Å². The number of carboxylic acids is 1. The highest BCUT2D eigenvalue weighted by molar-refractivity contribution is 7.17. The molecule has 1 aromatic heterocycles. The van der Waals surface area contributed by atoms with Gasteiger partial charge in [-0.25, -0.2) is 9.78 Å². The molecule has 0 spiro atoms. The SMILES string of the molecule is CC(C)Oc1cc(OCc2ccccc2)cc(C(=O)Nc2ncc(C(=O)O)s2)c1. The highest BCUT2D eigenvalue weighted by Gasteiger charge is 2.15. The predicted octanol–water partition coefficient (Wildman–Crippen LogP) is 4.46. The molecule has 1 heterocycles. The van der Waals surface area contributed by atoms with Gasteiger partial charge in [0, 0.05) is 11.6 Å². The maximum atomic E-state index is 12.7. The van der Waals surface area contributed by atoms with E-state index in [1.807, 2.05) is 44.2 Å². The van der Waals surface area contributed by atoms with Gasteiger partial charge < -0.3 is 14.6 Å². The topological polar surface area (TPSA) is 97.8 Å². The van der Waals surface area contributed by atoms with Crippen molar-refractivity contribution in [3.63, 3.8) is 0 Å². The molecule has 0 radical (unpaired) electrons. The van der Waals surface area contributed by atoms with Gasteiger partial charge in [0.25, 0.3) is 5.91 Å². The molecule has 29 heavy (non-hydrogen) atoms. The monoisotopic (exact) mass is 412 g/mol. The lowest BCUT2D eigenvalue weighted by Gasteiger charge is -2.14. The van der Waals surface area contributed by atoms with Crippen LogP contribution in [0.25, 0.3) is 0 Å². The number of rotatable bonds is 8. The number of aromatic carboxylic acids is 1. The number of amides is 1. The molecule has 3 rings (SSSR count). The van der Waals surface area contributed by atoms with Gasteiger partial charge in [-0.2, -0.15) is 0 Å². The second-order valence-corrected chi connectivity index (χ2v) is 7.45. The van der Waals surface area contributed by atoms with Gasteiger partial charge in [-0.3, -0.25) is 10.1 Å². The Morgan fingerprint density at radius 3 is 2.52 bits per heavy atom. The zero-order valence-electron chi connectivity index (χ0n) is 15.9. The number of benzene rings is 2. The van der Waals surface area contributed by atoms with Crippen molar-refractivity contribution in [2.75, 3.05) is 5.32 Å². The summed E-state index contributed by atoms with van der Waals surface area (Å²) in [5.41, 5.74) is 1.32. The summed E-state index contributed by atoms with van der Waals surface area (Å²) in [5.74, 6) is -0.537. The molecule has 2 N–H and O–H groups in total. The number of nitrogens with one attached hydrogen (secondary N) is 1. The number of anilines is 1. The van der Waals surface area contributed by atoms with Crippen LogP contribution in [-0.2, 0) is 6.61 Å². The molecule has 8 heteroatoms. The van der Waals surface area contributed by atoms with Crippen molar-refractivity contribution in [3.05, 3.63) is 70.7 Å². The molecule has 0 fully saturated rings. The van der Waals surface area contributed by atoms with E-state index in [9.17, 15) is 9.59 Å². The molecule has 0 atom stereocenters. The minimum atomic E-state index is -1.09. The summed E-state index contributed by atoms with van der Waals surface area (Å²) in [5, 5.41) is 11.8.